The van der Waals surface area contributed by atoms with Crippen molar-refractivity contribution in [3.05, 3.63) is 46.8 Å². The van der Waals surface area contributed by atoms with Gasteiger partial charge in [-0.1, -0.05) is 18.5 Å². The van der Waals surface area contributed by atoms with E-state index in [1.165, 1.54) is 0 Å². The SMILES string of the molecule is CCCCN(C(=O)COC(=O)c1ccc(OCc2c(C)noc2C)cc1)C1CCS(=O)(=O)C1. The normalized spacial score (nSPS) is 17.0. The van der Waals surface area contributed by atoms with Crippen LogP contribution in [-0.4, -0.2) is 61.1 Å². The summed E-state index contributed by atoms with van der Waals surface area (Å²) in [7, 11) is -3.12. The number of sulfone groups is 1. The fourth-order valence-electron chi connectivity index (χ4n) is 3.70. The van der Waals surface area contributed by atoms with Crippen LogP contribution >= 0.6 is 0 Å². The summed E-state index contributed by atoms with van der Waals surface area (Å²) in [5.74, 6) is 0.300. The summed E-state index contributed by atoms with van der Waals surface area (Å²) in [6.07, 6.45) is 2.04. The Balaban J connectivity index is 1.53. The number of nitrogens with zero attached hydrogens (tertiary/aromatic N) is 2. The van der Waals surface area contributed by atoms with Crippen LogP contribution in [0, 0.1) is 13.8 Å². The van der Waals surface area contributed by atoms with E-state index in [-0.39, 0.29) is 29.0 Å². The van der Waals surface area contributed by atoms with Crippen molar-refractivity contribution < 1.29 is 32.0 Å². The third kappa shape index (κ3) is 6.56. The summed E-state index contributed by atoms with van der Waals surface area (Å²) in [6, 6.07) is 6.06. The maximum absolute atomic E-state index is 12.7. The monoisotopic (exact) mass is 478 g/mol. The lowest BCUT2D eigenvalue weighted by molar-refractivity contribution is -0.136. The minimum atomic E-state index is -3.12. The summed E-state index contributed by atoms with van der Waals surface area (Å²) in [5, 5.41) is 3.88. The third-order valence-corrected chi connectivity index (χ3v) is 7.45. The molecule has 0 aliphatic carbocycles. The minimum absolute atomic E-state index is 0.0359. The molecule has 0 bridgehead atoms. The van der Waals surface area contributed by atoms with Gasteiger partial charge in [0.1, 0.15) is 18.1 Å². The lowest BCUT2D eigenvalue weighted by Crippen LogP contribution is -2.43. The summed E-state index contributed by atoms with van der Waals surface area (Å²) in [6.45, 7) is 5.96. The highest BCUT2D eigenvalue weighted by Crippen LogP contribution is 2.20. The van der Waals surface area contributed by atoms with Gasteiger partial charge in [0.05, 0.1) is 28.3 Å². The summed E-state index contributed by atoms with van der Waals surface area (Å²) in [5.41, 5.74) is 1.93. The number of hydrogen-bond donors (Lipinski definition) is 0. The maximum Gasteiger partial charge on any atom is 0.338 e. The number of ether oxygens (including phenoxy) is 2. The maximum atomic E-state index is 12.7. The molecule has 2 heterocycles. The molecule has 1 fully saturated rings. The molecule has 9 nitrogen and oxygen atoms in total. The van der Waals surface area contributed by atoms with Gasteiger partial charge in [0.15, 0.2) is 16.4 Å². The topological polar surface area (TPSA) is 116 Å². The van der Waals surface area contributed by atoms with Gasteiger partial charge in [-0.05, 0) is 51.0 Å². The first-order valence-electron chi connectivity index (χ1n) is 11.0. The van der Waals surface area contributed by atoms with Crippen LogP contribution < -0.4 is 4.74 Å². The van der Waals surface area contributed by atoms with Gasteiger partial charge in [0.2, 0.25) is 0 Å². The lowest BCUT2D eigenvalue weighted by atomic mass is 10.2. The van der Waals surface area contributed by atoms with Crippen molar-refractivity contribution in [2.75, 3.05) is 24.7 Å². The molecule has 0 spiro atoms. The third-order valence-electron chi connectivity index (χ3n) is 5.70. The molecular formula is C23H30N2O7S. The molecule has 2 aromatic rings. The van der Waals surface area contributed by atoms with Crippen molar-refractivity contribution in [1.29, 1.82) is 0 Å². The van der Waals surface area contributed by atoms with Gasteiger partial charge in [-0.3, -0.25) is 4.79 Å². The van der Waals surface area contributed by atoms with Crippen LogP contribution in [0.3, 0.4) is 0 Å². The van der Waals surface area contributed by atoms with Gasteiger partial charge < -0.3 is 18.9 Å². The molecule has 1 aromatic heterocycles. The molecule has 10 heteroatoms. The Morgan fingerprint density at radius 2 is 1.94 bits per heavy atom. The van der Waals surface area contributed by atoms with Crippen molar-refractivity contribution in [2.45, 2.75) is 52.7 Å². The number of esters is 1. The van der Waals surface area contributed by atoms with Gasteiger partial charge in [0.25, 0.3) is 5.91 Å². The first kappa shape index (κ1) is 24.8. The zero-order valence-corrected chi connectivity index (χ0v) is 20.0. The van der Waals surface area contributed by atoms with Crippen molar-refractivity contribution in [3.63, 3.8) is 0 Å². The number of amides is 1. The molecule has 1 unspecified atom stereocenters. The Kier molecular flexibility index (Phi) is 8.12. The second-order valence-corrected chi connectivity index (χ2v) is 10.4. The van der Waals surface area contributed by atoms with E-state index in [4.69, 9.17) is 14.0 Å². The zero-order chi connectivity index (χ0) is 24.0. The quantitative estimate of drug-likeness (QED) is 0.479. The fraction of sp³-hybridized carbons (Fsp3) is 0.522. The fourth-order valence-corrected chi connectivity index (χ4v) is 5.44. The predicted octanol–water partition coefficient (Wildman–Crippen LogP) is 2.84. The van der Waals surface area contributed by atoms with Crippen LogP contribution in [0.5, 0.6) is 5.75 Å². The molecule has 1 aromatic carbocycles. The Morgan fingerprint density at radius 3 is 2.52 bits per heavy atom. The Hall–Kier alpha value is -2.88. The molecule has 1 saturated heterocycles. The standard InChI is InChI=1S/C23H30N2O7S/c1-4-5-11-25(19-10-12-33(28,29)15-19)22(26)14-31-23(27)18-6-8-20(9-7-18)30-13-21-16(2)24-32-17(21)3/h6-9,19H,4-5,10-15H2,1-3H3. The molecule has 3 rings (SSSR count). The molecule has 180 valence electrons. The van der Waals surface area contributed by atoms with Crippen LogP contribution in [0.2, 0.25) is 0 Å². The molecule has 1 aliphatic rings. The first-order valence-corrected chi connectivity index (χ1v) is 12.8. The van der Waals surface area contributed by atoms with E-state index in [0.29, 0.717) is 31.1 Å². The molecule has 0 radical (unpaired) electrons. The summed E-state index contributed by atoms with van der Waals surface area (Å²) >= 11 is 0. The van der Waals surface area contributed by atoms with E-state index in [1.807, 2.05) is 20.8 Å². The smallest absolute Gasteiger partial charge is 0.338 e. The van der Waals surface area contributed by atoms with Gasteiger partial charge >= 0.3 is 5.97 Å². The average molecular weight is 479 g/mol. The molecule has 1 amide bonds. The molecule has 33 heavy (non-hydrogen) atoms. The highest BCUT2D eigenvalue weighted by molar-refractivity contribution is 7.91. The Labute approximate surface area is 193 Å². The number of aromatic nitrogens is 1. The molecule has 1 aliphatic heterocycles. The summed E-state index contributed by atoms with van der Waals surface area (Å²) < 4.78 is 39.7. The number of aryl methyl sites for hydroxylation is 2. The number of unbranched alkanes of at least 4 members (excludes halogenated alkanes) is 1. The Morgan fingerprint density at radius 1 is 1.21 bits per heavy atom. The Bertz CT molecular complexity index is 1060. The van der Waals surface area contributed by atoms with E-state index in [2.05, 4.69) is 5.16 Å². The van der Waals surface area contributed by atoms with E-state index < -0.39 is 22.4 Å². The number of carbonyl (C=O) groups excluding carboxylic acids is 2. The molecular weight excluding hydrogens is 448 g/mol. The largest absolute Gasteiger partial charge is 0.489 e. The molecule has 0 N–H and O–H groups in total. The number of hydrogen-bond acceptors (Lipinski definition) is 8. The predicted molar refractivity (Wildman–Crippen MR) is 121 cm³/mol. The van der Waals surface area contributed by atoms with Crippen molar-refractivity contribution >= 4 is 21.7 Å². The van der Waals surface area contributed by atoms with Crippen LogP contribution in [-0.2, 0) is 26.0 Å². The minimum Gasteiger partial charge on any atom is -0.489 e. The summed E-state index contributed by atoms with van der Waals surface area (Å²) in [4.78, 5) is 26.7. The van der Waals surface area contributed by atoms with Crippen molar-refractivity contribution in [3.8, 4) is 5.75 Å². The van der Waals surface area contributed by atoms with Gasteiger partial charge in [-0.25, -0.2) is 13.2 Å². The van der Waals surface area contributed by atoms with Crippen LogP contribution in [0.25, 0.3) is 0 Å². The highest BCUT2D eigenvalue weighted by atomic mass is 32.2. The number of carbonyl (C=O) groups is 2. The second-order valence-electron chi connectivity index (χ2n) is 8.19. The second kappa shape index (κ2) is 10.8. The van der Waals surface area contributed by atoms with E-state index in [9.17, 15) is 18.0 Å². The van der Waals surface area contributed by atoms with Crippen LogP contribution in [0.4, 0.5) is 0 Å². The molecule has 0 saturated carbocycles. The van der Waals surface area contributed by atoms with Crippen molar-refractivity contribution in [1.82, 2.24) is 10.1 Å². The van der Waals surface area contributed by atoms with Gasteiger partial charge in [-0.15, -0.1) is 0 Å². The van der Waals surface area contributed by atoms with Gasteiger partial charge in [-0.2, -0.15) is 0 Å². The van der Waals surface area contributed by atoms with E-state index in [0.717, 1.165) is 24.1 Å². The van der Waals surface area contributed by atoms with E-state index in [1.54, 1.807) is 29.2 Å². The van der Waals surface area contributed by atoms with E-state index >= 15 is 0 Å². The number of benzene rings is 1. The van der Waals surface area contributed by atoms with Crippen LogP contribution in [0.1, 0.15) is 53.6 Å². The van der Waals surface area contributed by atoms with Crippen molar-refractivity contribution in [2.24, 2.45) is 0 Å². The lowest BCUT2D eigenvalue weighted by Gasteiger charge is -2.28. The van der Waals surface area contributed by atoms with Gasteiger partial charge in [0, 0.05) is 12.6 Å². The number of rotatable bonds is 10. The van der Waals surface area contributed by atoms with Crippen LogP contribution in [0.15, 0.2) is 28.8 Å². The average Bonchev–Trinajstić information content (AvgIpc) is 3.31. The first-order chi connectivity index (χ1) is 15.7. The molecule has 1 atom stereocenters. The highest BCUT2D eigenvalue weighted by Gasteiger charge is 2.34. The zero-order valence-electron chi connectivity index (χ0n) is 19.2.